The van der Waals surface area contributed by atoms with Crippen LogP contribution >= 0.6 is 22.9 Å². The zero-order valence-corrected chi connectivity index (χ0v) is 19.4. The van der Waals surface area contributed by atoms with E-state index in [2.05, 4.69) is 26.0 Å². The van der Waals surface area contributed by atoms with Crippen molar-refractivity contribution in [1.82, 2.24) is 14.8 Å². The number of nitrogens with one attached hydrogen (secondary N) is 3. The van der Waals surface area contributed by atoms with E-state index in [-0.39, 0.29) is 17.7 Å². The van der Waals surface area contributed by atoms with Crippen molar-refractivity contribution in [2.75, 3.05) is 16.0 Å². The molecule has 2 heterocycles. The topological polar surface area (TPSA) is 118 Å². The molecule has 0 bridgehead atoms. The van der Waals surface area contributed by atoms with Gasteiger partial charge in [-0.2, -0.15) is 5.10 Å². The van der Waals surface area contributed by atoms with Crippen LogP contribution < -0.4 is 16.0 Å². The lowest BCUT2D eigenvalue weighted by atomic mass is 10.1. The van der Waals surface area contributed by atoms with Gasteiger partial charge in [-0.3, -0.25) is 14.4 Å². The van der Waals surface area contributed by atoms with Crippen LogP contribution in [0.4, 0.5) is 17.1 Å². The molecule has 0 radical (unpaired) electrons. The van der Waals surface area contributed by atoms with Crippen molar-refractivity contribution < 1.29 is 14.4 Å². The van der Waals surface area contributed by atoms with Crippen LogP contribution in [-0.2, 0) is 4.79 Å². The smallest absolute Gasteiger partial charge is 0.265 e. The number of hydrogen-bond donors (Lipinski definition) is 3. The van der Waals surface area contributed by atoms with Gasteiger partial charge in [-0.25, -0.2) is 9.67 Å². The minimum absolute atomic E-state index is 0.249. The van der Waals surface area contributed by atoms with E-state index in [9.17, 15) is 14.4 Å². The Balaban J connectivity index is 1.39. The van der Waals surface area contributed by atoms with E-state index < -0.39 is 6.04 Å². The highest BCUT2D eigenvalue weighted by molar-refractivity contribution is 7.12. The Kier molecular flexibility index (Phi) is 7.00. The molecule has 0 aliphatic rings. The van der Waals surface area contributed by atoms with Crippen molar-refractivity contribution in [3.05, 3.63) is 88.1 Å². The highest BCUT2D eigenvalue weighted by Crippen LogP contribution is 2.25. The number of nitrogens with zero attached hydrogens (tertiary/aromatic N) is 3. The standard InChI is InChI=1S/C23H19ClN6O3S/c1-14(30-13-25-12-26-30)21(31)27-16-5-7-17(8-6-16)28-22(32)15-4-9-18(24)19(11-15)29-23(33)20-3-2-10-34-20/h2-14H,1H3,(H,27,31)(H,28,32)(H,29,33). The Hall–Kier alpha value is -4.02. The molecule has 3 amide bonds. The molecule has 0 aliphatic heterocycles. The molecular weight excluding hydrogens is 476 g/mol. The molecule has 0 aliphatic carbocycles. The first-order valence-electron chi connectivity index (χ1n) is 10.1. The summed E-state index contributed by atoms with van der Waals surface area (Å²) in [5.74, 6) is -0.925. The Morgan fingerprint density at radius 2 is 1.71 bits per heavy atom. The van der Waals surface area contributed by atoms with Crippen LogP contribution in [0.2, 0.25) is 5.02 Å². The van der Waals surface area contributed by atoms with Crippen molar-refractivity contribution in [3.63, 3.8) is 0 Å². The van der Waals surface area contributed by atoms with Gasteiger partial charge < -0.3 is 16.0 Å². The summed E-state index contributed by atoms with van der Waals surface area (Å²) in [5.41, 5.74) is 1.77. The SMILES string of the molecule is CC(C(=O)Nc1ccc(NC(=O)c2ccc(Cl)c(NC(=O)c3cccs3)c2)cc1)n1cncn1. The Morgan fingerprint density at radius 1 is 0.971 bits per heavy atom. The highest BCUT2D eigenvalue weighted by atomic mass is 35.5. The molecule has 1 unspecified atom stereocenters. The predicted molar refractivity (Wildman–Crippen MR) is 131 cm³/mol. The zero-order chi connectivity index (χ0) is 24.1. The van der Waals surface area contributed by atoms with E-state index in [4.69, 9.17) is 11.6 Å². The number of amides is 3. The third-order valence-corrected chi connectivity index (χ3v) is 6.04. The van der Waals surface area contributed by atoms with Crippen molar-refractivity contribution in [3.8, 4) is 0 Å². The minimum Gasteiger partial charge on any atom is -0.324 e. The van der Waals surface area contributed by atoms with Gasteiger partial charge in [0.1, 0.15) is 18.7 Å². The van der Waals surface area contributed by atoms with Crippen molar-refractivity contribution in [2.45, 2.75) is 13.0 Å². The number of hydrogen-bond acceptors (Lipinski definition) is 6. The van der Waals surface area contributed by atoms with Crippen LogP contribution in [0.1, 0.15) is 33.0 Å². The average Bonchev–Trinajstić information content (AvgIpc) is 3.56. The van der Waals surface area contributed by atoms with Crippen LogP contribution in [0.5, 0.6) is 0 Å². The normalized spacial score (nSPS) is 11.5. The van der Waals surface area contributed by atoms with Gasteiger partial charge in [-0.15, -0.1) is 11.3 Å². The largest absolute Gasteiger partial charge is 0.324 e. The van der Waals surface area contributed by atoms with E-state index in [0.29, 0.717) is 32.5 Å². The van der Waals surface area contributed by atoms with Gasteiger partial charge in [-0.05, 0) is 60.8 Å². The number of benzene rings is 2. The zero-order valence-electron chi connectivity index (χ0n) is 17.9. The van der Waals surface area contributed by atoms with Crippen LogP contribution in [0.3, 0.4) is 0 Å². The fourth-order valence-electron chi connectivity index (χ4n) is 2.98. The van der Waals surface area contributed by atoms with Crippen LogP contribution in [0.15, 0.2) is 72.6 Å². The van der Waals surface area contributed by atoms with E-state index in [0.717, 1.165) is 0 Å². The summed E-state index contributed by atoms with van der Waals surface area (Å²) in [6, 6.07) is 14.3. The van der Waals surface area contributed by atoms with Crippen molar-refractivity contribution >= 4 is 57.7 Å². The number of carbonyl (C=O) groups excluding carboxylic acids is 3. The lowest BCUT2D eigenvalue weighted by Crippen LogP contribution is -2.24. The molecule has 4 aromatic rings. The van der Waals surface area contributed by atoms with E-state index >= 15 is 0 Å². The second-order valence-electron chi connectivity index (χ2n) is 7.20. The maximum absolute atomic E-state index is 12.7. The average molecular weight is 495 g/mol. The van der Waals surface area contributed by atoms with E-state index in [1.807, 2.05) is 0 Å². The maximum Gasteiger partial charge on any atom is 0.265 e. The fraction of sp³-hybridized carbons (Fsp3) is 0.0870. The molecule has 0 fully saturated rings. The number of carbonyl (C=O) groups is 3. The number of aromatic nitrogens is 3. The molecule has 0 spiro atoms. The summed E-state index contributed by atoms with van der Waals surface area (Å²) in [4.78, 5) is 41.8. The lowest BCUT2D eigenvalue weighted by Gasteiger charge is -2.13. The molecule has 2 aromatic heterocycles. The van der Waals surface area contributed by atoms with Gasteiger partial charge in [-0.1, -0.05) is 17.7 Å². The second-order valence-corrected chi connectivity index (χ2v) is 8.55. The first kappa shape index (κ1) is 23.1. The molecule has 34 heavy (non-hydrogen) atoms. The minimum atomic E-state index is -0.527. The van der Waals surface area contributed by atoms with Gasteiger partial charge in [0.15, 0.2) is 0 Å². The van der Waals surface area contributed by atoms with Gasteiger partial charge in [0.2, 0.25) is 5.91 Å². The van der Waals surface area contributed by atoms with Crippen molar-refractivity contribution in [2.24, 2.45) is 0 Å². The molecule has 1 atom stereocenters. The second kappa shape index (κ2) is 10.3. The summed E-state index contributed by atoms with van der Waals surface area (Å²) >= 11 is 7.50. The first-order valence-corrected chi connectivity index (χ1v) is 11.4. The first-order chi connectivity index (χ1) is 16.4. The van der Waals surface area contributed by atoms with Gasteiger partial charge in [0, 0.05) is 16.9 Å². The monoisotopic (exact) mass is 494 g/mol. The summed E-state index contributed by atoms with van der Waals surface area (Å²) < 4.78 is 1.45. The van der Waals surface area contributed by atoms with Crippen LogP contribution in [0, 0.1) is 0 Å². The van der Waals surface area contributed by atoms with Gasteiger partial charge >= 0.3 is 0 Å². The Bertz CT molecular complexity index is 1310. The molecule has 4 rings (SSSR count). The molecule has 172 valence electrons. The number of thiophene rings is 1. The third kappa shape index (κ3) is 5.48. The third-order valence-electron chi connectivity index (χ3n) is 4.84. The molecule has 0 saturated heterocycles. The van der Waals surface area contributed by atoms with Gasteiger partial charge in [0.25, 0.3) is 11.8 Å². The molecule has 0 saturated carbocycles. The van der Waals surface area contributed by atoms with Gasteiger partial charge in [0.05, 0.1) is 15.6 Å². The van der Waals surface area contributed by atoms with E-state index in [1.54, 1.807) is 60.8 Å². The molecule has 3 N–H and O–H groups in total. The van der Waals surface area contributed by atoms with Crippen LogP contribution in [0.25, 0.3) is 0 Å². The Labute approximate surface area is 203 Å². The summed E-state index contributed by atoms with van der Waals surface area (Å²) in [7, 11) is 0. The predicted octanol–water partition coefficient (Wildman–Crippen LogP) is 4.70. The highest BCUT2D eigenvalue weighted by Gasteiger charge is 2.16. The van der Waals surface area contributed by atoms with E-state index in [1.165, 1.54) is 34.7 Å². The quantitative estimate of drug-likeness (QED) is 0.344. The number of rotatable bonds is 7. The maximum atomic E-state index is 12.7. The summed E-state index contributed by atoms with van der Waals surface area (Å²) in [6.45, 7) is 1.71. The number of anilines is 3. The lowest BCUT2D eigenvalue weighted by molar-refractivity contribution is -0.119. The molecule has 2 aromatic carbocycles. The number of halogens is 1. The molecule has 11 heteroatoms. The summed E-state index contributed by atoms with van der Waals surface area (Å²) in [5, 5.41) is 14.4. The Morgan fingerprint density at radius 3 is 2.35 bits per heavy atom. The molecule has 9 nitrogen and oxygen atoms in total. The van der Waals surface area contributed by atoms with Crippen molar-refractivity contribution in [1.29, 1.82) is 0 Å². The summed E-state index contributed by atoms with van der Waals surface area (Å²) in [6.07, 6.45) is 2.83. The fourth-order valence-corrected chi connectivity index (χ4v) is 3.76. The van der Waals surface area contributed by atoms with Crippen LogP contribution in [-0.4, -0.2) is 32.5 Å². The molecular formula is C23H19ClN6O3S.